The van der Waals surface area contributed by atoms with Crippen LogP contribution in [-0.4, -0.2) is 41.4 Å². The summed E-state index contributed by atoms with van der Waals surface area (Å²) in [6, 6.07) is 7.94. The summed E-state index contributed by atoms with van der Waals surface area (Å²) >= 11 is 0. The SMILES string of the molecule is O=C(Cc1ccc(NCC(O)CO)cc1)NC1CCCCC1. The number of benzene rings is 1. The number of aliphatic hydroxyl groups excluding tert-OH is 2. The molecule has 0 radical (unpaired) electrons. The lowest BCUT2D eigenvalue weighted by Crippen LogP contribution is -2.37. The molecule has 0 aromatic heterocycles. The van der Waals surface area contributed by atoms with Gasteiger partial charge < -0.3 is 20.8 Å². The van der Waals surface area contributed by atoms with Crippen LogP contribution >= 0.6 is 0 Å². The third-order valence-corrected chi connectivity index (χ3v) is 4.04. The Morgan fingerprint density at radius 2 is 1.86 bits per heavy atom. The molecule has 1 aliphatic carbocycles. The Kier molecular flexibility index (Phi) is 6.68. The number of aliphatic hydroxyl groups is 2. The monoisotopic (exact) mass is 306 g/mol. The average molecular weight is 306 g/mol. The van der Waals surface area contributed by atoms with E-state index in [0.29, 0.717) is 19.0 Å². The van der Waals surface area contributed by atoms with Gasteiger partial charge in [0, 0.05) is 18.3 Å². The van der Waals surface area contributed by atoms with Crippen LogP contribution in [-0.2, 0) is 11.2 Å². The lowest BCUT2D eigenvalue weighted by molar-refractivity contribution is -0.121. The van der Waals surface area contributed by atoms with Crippen LogP contribution in [0.4, 0.5) is 5.69 Å². The first kappa shape index (κ1) is 16.8. The quantitative estimate of drug-likeness (QED) is 0.614. The molecule has 4 N–H and O–H groups in total. The molecule has 22 heavy (non-hydrogen) atoms. The van der Waals surface area contributed by atoms with Gasteiger partial charge in [0.2, 0.25) is 5.91 Å². The van der Waals surface area contributed by atoms with E-state index >= 15 is 0 Å². The van der Waals surface area contributed by atoms with Crippen molar-refractivity contribution >= 4 is 11.6 Å². The maximum absolute atomic E-state index is 12.0. The van der Waals surface area contributed by atoms with E-state index in [2.05, 4.69) is 10.6 Å². The Bertz CT molecular complexity index is 455. The second kappa shape index (κ2) is 8.76. The fourth-order valence-corrected chi connectivity index (χ4v) is 2.75. The molecule has 0 heterocycles. The van der Waals surface area contributed by atoms with Crippen molar-refractivity contribution in [3.8, 4) is 0 Å². The van der Waals surface area contributed by atoms with Crippen LogP contribution in [0, 0.1) is 0 Å². The maximum atomic E-state index is 12.0. The van der Waals surface area contributed by atoms with E-state index in [9.17, 15) is 9.90 Å². The average Bonchev–Trinajstić information content (AvgIpc) is 2.54. The molecule has 1 unspecified atom stereocenters. The molecule has 1 amide bonds. The van der Waals surface area contributed by atoms with E-state index in [-0.39, 0.29) is 12.5 Å². The third-order valence-electron chi connectivity index (χ3n) is 4.04. The molecule has 1 saturated carbocycles. The number of carbonyl (C=O) groups excluding carboxylic acids is 1. The van der Waals surface area contributed by atoms with Crippen molar-refractivity contribution in [3.63, 3.8) is 0 Å². The lowest BCUT2D eigenvalue weighted by Gasteiger charge is -2.22. The first-order chi connectivity index (χ1) is 10.7. The first-order valence-electron chi connectivity index (χ1n) is 8.08. The minimum Gasteiger partial charge on any atom is -0.394 e. The summed E-state index contributed by atoms with van der Waals surface area (Å²) in [6.07, 6.45) is 5.54. The standard InChI is InChI=1S/C17H26N2O3/c20-12-16(21)11-18-14-8-6-13(7-9-14)10-17(22)19-15-4-2-1-3-5-15/h6-9,15-16,18,20-21H,1-5,10-12H2,(H,19,22). The maximum Gasteiger partial charge on any atom is 0.224 e. The first-order valence-corrected chi connectivity index (χ1v) is 8.08. The zero-order valence-corrected chi connectivity index (χ0v) is 12.9. The van der Waals surface area contributed by atoms with Gasteiger partial charge in [0.1, 0.15) is 0 Å². The van der Waals surface area contributed by atoms with E-state index in [0.717, 1.165) is 24.1 Å². The van der Waals surface area contributed by atoms with E-state index in [1.807, 2.05) is 24.3 Å². The molecule has 2 rings (SSSR count). The Hall–Kier alpha value is -1.59. The Morgan fingerprint density at radius 3 is 2.50 bits per heavy atom. The van der Waals surface area contributed by atoms with Crippen molar-refractivity contribution < 1.29 is 15.0 Å². The second-order valence-corrected chi connectivity index (χ2v) is 5.99. The fourth-order valence-electron chi connectivity index (χ4n) is 2.75. The number of hydrogen-bond acceptors (Lipinski definition) is 4. The van der Waals surface area contributed by atoms with E-state index in [1.54, 1.807) is 0 Å². The topological polar surface area (TPSA) is 81.6 Å². The van der Waals surface area contributed by atoms with Gasteiger partial charge in [0.15, 0.2) is 0 Å². The van der Waals surface area contributed by atoms with Gasteiger partial charge in [-0.25, -0.2) is 0 Å². The highest BCUT2D eigenvalue weighted by molar-refractivity contribution is 5.79. The van der Waals surface area contributed by atoms with E-state index in [4.69, 9.17) is 5.11 Å². The third kappa shape index (κ3) is 5.66. The van der Waals surface area contributed by atoms with E-state index in [1.165, 1.54) is 19.3 Å². The van der Waals surface area contributed by atoms with Crippen molar-refractivity contribution in [2.45, 2.75) is 50.7 Å². The number of anilines is 1. The van der Waals surface area contributed by atoms with Gasteiger partial charge in [-0.3, -0.25) is 4.79 Å². The zero-order valence-electron chi connectivity index (χ0n) is 12.9. The van der Waals surface area contributed by atoms with Crippen LogP contribution in [0.15, 0.2) is 24.3 Å². The molecule has 1 fully saturated rings. The molecule has 5 nitrogen and oxygen atoms in total. The van der Waals surface area contributed by atoms with Crippen LogP contribution in [0.5, 0.6) is 0 Å². The summed E-state index contributed by atoms with van der Waals surface area (Å²) in [5.41, 5.74) is 1.84. The molecule has 0 saturated heterocycles. The zero-order chi connectivity index (χ0) is 15.8. The number of hydrogen-bond donors (Lipinski definition) is 4. The largest absolute Gasteiger partial charge is 0.394 e. The summed E-state index contributed by atoms with van der Waals surface area (Å²) in [5.74, 6) is 0.0864. The van der Waals surface area contributed by atoms with E-state index < -0.39 is 6.10 Å². The number of rotatable bonds is 7. The van der Waals surface area contributed by atoms with Crippen molar-refractivity contribution in [1.29, 1.82) is 0 Å². The molecule has 0 spiro atoms. The summed E-state index contributed by atoms with van der Waals surface area (Å²) < 4.78 is 0. The van der Waals surface area contributed by atoms with Gasteiger partial charge in [-0.15, -0.1) is 0 Å². The molecule has 5 heteroatoms. The predicted molar refractivity (Wildman–Crippen MR) is 86.7 cm³/mol. The van der Waals surface area contributed by atoms with Crippen LogP contribution in [0.1, 0.15) is 37.7 Å². The normalized spacial score (nSPS) is 17.0. The Balaban J connectivity index is 1.76. The molecule has 1 aromatic carbocycles. The molecule has 0 bridgehead atoms. The summed E-state index contributed by atoms with van der Waals surface area (Å²) in [7, 11) is 0. The minimum absolute atomic E-state index is 0.0864. The van der Waals surface area contributed by atoms with Crippen LogP contribution in [0.2, 0.25) is 0 Å². The highest BCUT2D eigenvalue weighted by atomic mass is 16.3. The number of carbonyl (C=O) groups is 1. The van der Waals surface area contributed by atoms with Crippen molar-refractivity contribution in [2.75, 3.05) is 18.5 Å². The van der Waals surface area contributed by atoms with Crippen LogP contribution in [0.3, 0.4) is 0 Å². The molecule has 1 aliphatic rings. The highest BCUT2D eigenvalue weighted by Gasteiger charge is 2.15. The second-order valence-electron chi connectivity index (χ2n) is 5.99. The Labute approximate surface area is 131 Å². The van der Waals surface area contributed by atoms with Crippen LogP contribution < -0.4 is 10.6 Å². The highest BCUT2D eigenvalue weighted by Crippen LogP contribution is 2.17. The van der Waals surface area contributed by atoms with Gasteiger partial charge in [0.05, 0.1) is 19.1 Å². The molecule has 1 atom stereocenters. The summed E-state index contributed by atoms with van der Waals surface area (Å²) in [6.45, 7) is 0.0461. The summed E-state index contributed by atoms with van der Waals surface area (Å²) in [5, 5.41) is 24.2. The van der Waals surface area contributed by atoms with Crippen molar-refractivity contribution in [3.05, 3.63) is 29.8 Å². The number of amides is 1. The molecule has 122 valence electrons. The van der Waals surface area contributed by atoms with Crippen LogP contribution in [0.25, 0.3) is 0 Å². The molecular weight excluding hydrogens is 280 g/mol. The molecule has 1 aromatic rings. The smallest absolute Gasteiger partial charge is 0.224 e. The van der Waals surface area contributed by atoms with Gasteiger partial charge in [-0.1, -0.05) is 31.4 Å². The molecule has 0 aliphatic heterocycles. The minimum atomic E-state index is -0.763. The predicted octanol–water partition coefficient (Wildman–Crippen LogP) is 1.44. The number of nitrogens with one attached hydrogen (secondary N) is 2. The Morgan fingerprint density at radius 1 is 1.18 bits per heavy atom. The van der Waals surface area contributed by atoms with Gasteiger partial charge >= 0.3 is 0 Å². The van der Waals surface area contributed by atoms with Gasteiger partial charge in [-0.05, 0) is 30.5 Å². The van der Waals surface area contributed by atoms with Gasteiger partial charge in [-0.2, -0.15) is 0 Å². The fraction of sp³-hybridized carbons (Fsp3) is 0.588. The lowest BCUT2D eigenvalue weighted by atomic mass is 9.95. The summed E-state index contributed by atoms with van der Waals surface area (Å²) in [4.78, 5) is 12.0. The van der Waals surface area contributed by atoms with Crippen molar-refractivity contribution in [2.24, 2.45) is 0 Å². The molecular formula is C17H26N2O3. The van der Waals surface area contributed by atoms with Gasteiger partial charge in [0.25, 0.3) is 0 Å². The van der Waals surface area contributed by atoms with Crippen molar-refractivity contribution in [1.82, 2.24) is 5.32 Å².